The van der Waals surface area contributed by atoms with Crippen molar-refractivity contribution in [2.45, 2.75) is 117 Å². The van der Waals surface area contributed by atoms with Crippen LogP contribution in [0, 0.1) is 17.8 Å². The van der Waals surface area contributed by atoms with Crippen molar-refractivity contribution in [3.63, 3.8) is 0 Å². The lowest BCUT2D eigenvalue weighted by Crippen LogP contribution is -2.52. The summed E-state index contributed by atoms with van der Waals surface area (Å²) in [5.74, 6) is -6.25. The number of aliphatic hydroxyl groups excluding tert-OH is 3. The zero-order valence-corrected chi connectivity index (χ0v) is 60.8. The van der Waals surface area contributed by atoms with Crippen molar-refractivity contribution in [1.82, 2.24) is 24.8 Å². The number of benzene rings is 6. The van der Waals surface area contributed by atoms with E-state index in [9.17, 15) is 71.7 Å². The lowest BCUT2D eigenvalue weighted by molar-refractivity contribution is -0.159. The molecular formula is C85H91F6N5O16. The van der Waals surface area contributed by atoms with E-state index in [2.05, 4.69) is 15.0 Å². The number of carboxylic acid groups (broad SMARTS) is 1. The number of nitrogens with zero attached hydrogens (tertiary/aromatic N) is 5. The first kappa shape index (κ1) is 82.7. The molecule has 3 aliphatic carbocycles. The standard InChI is InChI=1S/C27H26F2N2O5.C27H28F2N2O4.C25H21F2NO6.C4H8O.2CH4/c1-31(2)25(33)20-21(15-7-5-4-6-8-15)27(17-11-9-16(10-12-17)24(28)29)26(34,23(20)32)22-18(35-3)13-30-14-19(22)36-27;1-31(2)15-19-22(16-7-5-4-6-8-16)27(18-11-9-17(10-12-18)25(28)29)26(33,24(19)32)23-20(34-3)13-30-14-21(23)35-27;1-33-16-11-28-12-17-20(16)24(32)21(29)18(23(30)31)19(13-5-3-2-4-6-13)25(24,34-17)15-9-7-14(8-10-15)22(26)27;1-2-4-5-3-1;;/h4-14,20-21,23-24,32,34H,1-3H3;4-14,19,22,24-25,32-33H,15H2,1-3H3;2-12,18-19,21-22,29,32H,1H3,(H,30,31);1-4H2;2*1H4/t20-,21-,23-,26+,27+;19-,22-,24-,26+,27+;18-,19-,21-,24+,25+;;;/m111.../s1. The molecule has 112 heavy (non-hydrogen) atoms. The van der Waals surface area contributed by atoms with Gasteiger partial charge in [0.25, 0.3) is 19.3 Å². The van der Waals surface area contributed by atoms with Crippen molar-refractivity contribution in [2.24, 2.45) is 17.8 Å². The number of pyridine rings is 3. The summed E-state index contributed by atoms with van der Waals surface area (Å²) >= 11 is 0. The number of ether oxygens (including phenoxy) is 7. The molecule has 21 nitrogen and oxygen atoms in total. The van der Waals surface area contributed by atoms with Crippen molar-refractivity contribution in [3.05, 3.63) is 268 Å². The van der Waals surface area contributed by atoms with Crippen molar-refractivity contribution in [3.8, 4) is 34.5 Å². The molecule has 3 saturated carbocycles. The van der Waals surface area contributed by atoms with Crippen LogP contribution in [0.5, 0.6) is 34.5 Å². The molecule has 3 aromatic heterocycles. The van der Waals surface area contributed by atoms with Gasteiger partial charge in [0, 0.05) is 74.2 Å². The monoisotopic (exact) mass is 1550 g/mol. The average Bonchev–Trinajstić information content (AvgIpc) is 1.51. The Morgan fingerprint density at radius 2 is 0.759 bits per heavy atom. The zero-order chi connectivity index (χ0) is 78.6. The third kappa shape index (κ3) is 12.9. The van der Waals surface area contributed by atoms with E-state index in [-0.39, 0.29) is 82.7 Å². The van der Waals surface area contributed by atoms with E-state index in [1.54, 1.807) is 80.8 Å². The maximum atomic E-state index is 13.6. The summed E-state index contributed by atoms with van der Waals surface area (Å²) in [6.07, 6.45) is -1.79. The summed E-state index contributed by atoms with van der Waals surface area (Å²) in [6, 6.07) is 43.3. The number of hydrogen-bond acceptors (Lipinski definition) is 19. The van der Waals surface area contributed by atoms with Gasteiger partial charge in [0.1, 0.15) is 46.7 Å². The number of carbonyl (C=O) groups is 2. The Labute approximate surface area is 644 Å². The highest BCUT2D eigenvalue weighted by Gasteiger charge is 2.81. The largest absolute Gasteiger partial charge is 0.495 e. The number of halogens is 6. The first-order valence-corrected chi connectivity index (χ1v) is 35.5. The average molecular weight is 1550 g/mol. The lowest BCUT2D eigenvalue weighted by atomic mass is 9.70. The Morgan fingerprint density at radius 3 is 1.04 bits per heavy atom. The van der Waals surface area contributed by atoms with Crippen LogP contribution in [0.25, 0.3) is 0 Å². The van der Waals surface area contributed by atoms with Gasteiger partial charge >= 0.3 is 5.97 Å². The molecule has 0 bridgehead atoms. The van der Waals surface area contributed by atoms with Gasteiger partial charge in [0.2, 0.25) is 5.91 Å². The van der Waals surface area contributed by atoms with Crippen LogP contribution < -0.4 is 28.4 Å². The number of rotatable bonds is 16. The fraction of sp³-hybridized carbons (Fsp3) is 0.376. The number of carbonyl (C=O) groups excluding carboxylic acids is 1. The van der Waals surface area contributed by atoms with E-state index in [1.807, 2.05) is 55.4 Å². The minimum Gasteiger partial charge on any atom is -0.495 e. The molecule has 16 rings (SSSR count). The van der Waals surface area contributed by atoms with E-state index in [0.717, 1.165) is 18.8 Å². The fourth-order valence-electron chi connectivity index (χ4n) is 17.9. The molecule has 7 N–H and O–H groups in total. The maximum Gasteiger partial charge on any atom is 0.310 e. The SMILES string of the molecule is C.C.C1CCOC1.COc1cncc2c1[C@]1(O)[C@H](O)[C@H](C(=O)N(C)C)[C@@H](c3ccccc3)[C@]1(c1ccc(C(F)F)cc1)O2.COc1cncc2c1[C@]1(O)[C@H](O)[C@H](C(=O)O)[C@@H](c3ccccc3)[C@]1(c1ccc(C(F)F)cc1)O2.COc1cncc2c1[C@]1(O)[C@H](O)[C@H](CN(C)C)[C@@H](c3ccccc3)[C@]1(c1ccc(C(F)F)cc1)O2. The molecule has 7 heterocycles. The molecule has 0 unspecified atom stereocenters. The molecule has 4 fully saturated rings. The molecule has 15 atom stereocenters. The van der Waals surface area contributed by atoms with Crippen LogP contribution in [-0.4, -0.2) is 160 Å². The van der Waals surface area contributed by atoms with Gasteiger partial charge < -0.3 is 78.7 Å². The van der Waals surface area contributed by atoms with Crippen LogP contribution in [0.4, 0.5) is 26.3 Å². The van der Waals surface area contributed by atoms with Crippen molar-refractivity contribution >= 4 is 11.9 Å². The third-order valence-corrected chi connectivity index (χ3v) is 22.4. The summed E-state index contributed by atoms with van der Waals surface area (Å²) in [7, 11) is 11.1. The number of fused-ring (bicyclic) bond motifs is 9. The summed E-state index contributed by atoms with van der Waals surface area (Å²) in [6.45, 7) is 2.45. The molecule has 1 amide bonds. The summed E-state index contributed by atoms with van der Waals surface area (Å²) < 4.78 is 121. The quantitative estimate of drug-likeness (QED) is 0.0443. The molecule has 27 heteroatoms. The number of aliphatic carboxylic acids is 1. The smallest absolute Gasteiger partial charge is 0.310 e. The van der Waals surface area contributed by atoms with Crippen LogP contribution in [-0.2, 0) is 47.9 Å². The van der Waals surface area contributed by atoms with Crippen LogP contribution >= 0.6 is 0 Å². The second kappa shape index (κ2) is 32.5. The van der Waals surface area contributed by atoms with E-state index in [1.165, 1.54) is 137 Å². The Bertz CT molecular complexity index is 4750. The normalized spacial score (nSPS) is 28.3. The molecule has 4 aliphatic heterocycles. The second-order valence-electron chi connectivity index (χ2n) is 28.6. The Kier molecular flexibility index (Phi) is 24.0. The fourth-order valence-corrected chi connectivity index (χ4v) is 17.9. The number of methoxy groups -OCH3 is 3. The summed E-state index contributed by atoms with van der Waals surface area (Å²) in [5, 5.41) is 82.8. The minimum atomic E-state index is -2.72. The van der Waals surface area contributed by atoms with Gasteiger partial charge in [0.05, 0.1) is 93.1 Å². The number of carboxylic acids is 1. The van der Waals surface area contributed by atoms with Gasteiger partial charge in [-0.25, -0.2) is 26.3 Å². The Hall–Kier alpha value is -10.2. The zero-order valence-electron chi connectivity index (χ0n) is 60.8. The highest BCUT2D eigenvalue weighted by atomic mass is 19.3. The van der Waals surface area contributed by atoms with E-state index < -0.39 is 119 Å². The Morgan fingerprint density at radius 1 is 0.455 bits per heavy atom. The van der Waals surface area contributed by atoms with Crippen molar-refractivity contribution < 1.29 is 105 Å². The number of amides is 1. The molecule has 7 aliphatic rings. The number of alkyl halides is 6. The van der Waals surface area contributed by atoms with Crippen LogP contribution in [0.3, 0.4) is 0 Å². The highest BCUT2D eigenvalue weighted by molar-refractivity contribution is 5.83. The van der Waals surface area contributed by atoms with E-state index in [0.29, 0.717) is 34.4 Å². The predicted octanol–water partition coefficient (Wildman–Crippen LogP) is 12.6. The number of hydrogen-bond donors (Lipinski definition) is 7. The van der Waals surface area contributed by atoms with Gasteiger partial charge in [-0.2, -0.15) is 0 Å². The third-order valence-electron chi connectivity index (χ3n) is 22.4. The maximum absolute atomic E-state index is 13.6. The lowest BCUT2D eigenvalue weighted by Gasteiger charge is -2.41. The summed E-state index contributed by atoms with van der Waals surface area (Å²) in [5.41, 5.74) is -8.64. The topological polar surface area (TPSA) is 286 Å². The van der Waals surface area contributed by atoms with Gasteiger partial charge in [-0.15, -0.1) is 0 Å². The predicted molar refractivity (Wildman–Crippen MR) is 400 cm³/mol. The molecular weight excluding hydrogens is 1460 g/mol. The van der Waals surface area contributed by atoms with Gasteiger partial charge in [-0.3, -0.25) is 24.5 Å². The summed E-state index contributed by atoms with van der Waals surface area (Å²) in [4.78, 5) is 41.7. The van der Waals surface area contributed by atoms with Crippen LogP contribution in [0.2, 0.25) is 0 Å². The molecule has 1 saturated heterocycles. The molecule has 0 radical (unpaired) electrons. The van der Waals surface area contributed by atoms with Gasteiger partial charge in [0.15, 0.2) is 33.6 Å². The van der Waals surface area contributed by atoms with Crippen LogP contribution in [0.1, 0.15) is 131 Å². The number of aromatic nitrogens is 3. The minimum absolute atomic E-state index is 0. The van der Waals surface area contributed by atoms with E-state index >= 15 is 0 Å². The first-order valence-electron chi connectivity index (χ1n) is 35.5. The second-order valence-corrected chi connectivity index (χ2v) is 28.6. The Balaban J connectivity index is 0.000000159. The van der Waals surface area contributed by atoms with Crippen LogP contribution in [0.15, 0.2) is 201 Å². The molecule has 9 aromatic rings. The first-order chi connectivity index (χ1) is 52.7. The van der Waals surface area contributed by atoms with Gasteiger partial charge in [-0.05, 0) is 60.3 Å². The molecule has 0 spiro atoms. The molecule has 6 aromatic carbocycles. The van der Waals surface area contributed by atoms with Crippen molar-refractivity contribution in [1.29, 1.82) is 0 Å². The van der Waals surface area contributed by atoms with Gasteiger partial charge in [-0.1, -0.05) is 179 Å². The number of aliphatic hydroxyl groups is 6. The molecule has 594 valence electrons. The highest BCUT2D eigenvalue weighted by Crippen LogP contribution is 2.73. The van der Waals surface area contributed by atoms with Crippen molar-refractivity contribution in [2.75, 3.05) is 69.3 Å². The van der Waals surface area contributed by atoms with E-state index in [4.69, 9.17) is 33.2 Å².